The third kappa shape index (κ3) is 5.58. The SMILES string of the molecule is Clc1ccc2c(NCCCCN(Cc3ccccc3)Cc3csc4ccccc34)ccnc2c1. The topological polar surface area (TPSA) is 28.2 Å². The molecule has 5 rings (SSSR count). The van der Waals surface area contributed by atoms with Crippen LogP contribution in [0.5, 0.6) is 0 Å². The summed E-state index contributed by atoms with van der Waals surface area (Å²) in [5.41, 5.74) is 4.83. The lowest BCUT2D eigenvalue weighted by atomic mass is 10.1. The Morgan fingerprint density at radius 1 is 0.853 bits per heavy atom. The molecule has 0 fully saturated rings. The Kier molecular flexibility index (Phi) is 7.40. The van der Waals surface area contributed by atoms with E-state index in [1.54, 1.807) is 0 Å². The fourth-order valence-electron chi connectivity index (χ4n) is 4.41. The minimum Gasteiger partial charge on any atom is -0.384 e. The molecule has 0 bridgehead atoms. The summed E-state index contributed by atoms with van der Waals surface area (Å²) in [4.78, 5) is 7.01. The lowest BCUT2D eigenvalue weighted by Gasteiger charge is -2.22. The van der Waals surface area contributed by atoms with E-state index in [-0.39, 0.29) is 0 Å². The van der Waals surface area contributed by atoms with E-state index < -0.39 is 0 Å². The summed E-state index contributed by atoms with van der Waals surface area (Å²) in [5, 5.41) is 9.14. The van der Waals surface area contributed by atoms with Gasteiger partial charge in [-0.3, -0.25) is 9.88 Å². The lowest BCUT2D eigenvalue weighted by Crippen LogP contribution is -2.24. The fourth-order valence-corrected chi connectivity index (χ4v) is 5.53. The molecule has 0 aliphatic rings. The van der Waals surface area contributed by atoms with Crippen LogP contribution in [0.15, 0.2) is 90.4 Å². The summed E-state index contributed by atoms with van der Waals surface area (Å²) < 4.78 is 1.37. The van der Waals surface area contributed by atoms with Crippen LogP contribution >= 0.6 is 22.9 Å². The summed E-state index contributed by atoms with van der Waals surface area (Å²) in [6.45, 7) is 3.94. The fraction of sp³-hybridized carbons (Fsp3) is 0.207. The number of benzene rings is 3. The number of nitrogens with zero attached hydrogens (tertiary/aromatic N) is 2. The minimum atomic E-state index is 0.717. The Balaban J connectivity index is 1.20. The molecule has 3 aromatic carbocycles. The van der Waals surface area contributed by atoms with Crippen LogP contribution in [0.3, 0.4) is 0 Å². The van der Waals surface area contributed by atoms with Gasteiger partial charge < -0.3 is 5.32 Å². The zero-order valence-electron chi connectivity index (χ0n) is 19.1. The number of anilines is 1. The van der Waals surface area contributed by atoms with Crippen molar-refractivity contribution in [2.45, 2.75) is 25.9 Å². The van der Waals surface area contributed by atoms with Crippen molar-refractivity contribution in [1.29, 1.82) is 0 Å². The van der Waals surface area contributed by atoms with Gasteiger partial charge in [0, 0.05) is 46.6 Å². The predicted molar refractivity (Wildman–Crippen MR) is 147 cm³/mol. The highest BCUT2D eigenvalue weighted by Gasteiger charge is 2.11. The maximum atomic E-state index is 6.12. The molecule has 1 N–H and O–H groups in total. The largest absolute Gasteiger partial charge is 0.384 e. The van der Waals surface area contributed by atoms with Crippen molar-refractivity contribution in [3.63, 3.8) is 0 Å². The van der Waals surface area contributed by atoms with Gasteiger partial charge in [-0.05, 0) is 71.6 Å². The van der Waals surface area contributed by atoms with Crippen LogP contribution in [0.2, 0.25) is 5.02 Å². The molecule has 5 aromatic rings. The van der Waals surface area contributed by atoms with Crippen molar-refractivity contribution in [1.82, 2.24) is 9.88 Å². The Morgan fingerprint density at radius 3 is 2.62 bits per heavy atom. The number of nitrogens with one attached hydrogen (secondary N) is 1. The van der Waals surface area contributed by atoms with Crippen LogP contribution < -0.4 is 5.32 Å². The van der Waals surface area contributed by atoms with E-state index in [2.05, 4.69) is 75.2 Å². The van der Waals surface area contributed by atoms with Gasteiger partial charge in [0.05, 0.1) is 5.52 Å². The van der Waals surface area contributed by atoms with Gasteiger partial charge in [0.2, 0.25) is 0 Å². The quantitative estimate of drug-likeness (QED) is 0.203. The highest BCUT2D eigenvalue weighted by molar-refractivity contribution is 7.17. The standard InChI is InChI=1S/C29H28ClN3S/c30-24-12-13-26-27(14-16-32-28(26)18-24)31-15-6-7-17-33(19-22-8-2-1-3-9-22)20-23-21-34-29-11-5-4-10-25(23)29/h1-5,8-14,16,18,21H,6-7,15,17,19-20H2,(H,31,32). The number of aromatic nitrogens is 1. The highest BCUT2D eigenvalue weighted by Crippen LogP contribution is 2.27. The van der Waals surface area contributed by atoms with E-state index in [9.17, 15) is 0 Å². The average Bonchev–Trinajstić information content (AvgIpc) is 3.27. The normalized spacial score (nSPS) is 11.5. The molecule has 0 radical (unpaired) electrons. The predicted octanol–water partition coefficient (Wildman–Crippen LogP) is 8.00. The van der Waals surface area contributed by atoms with Gasteiger partial charge in [0.1, 0.15) is 0 Å². The van der Waals surface area contributed by atoms with E-state index >= 15 is 0 Å². The molecule has 172 valence electrons. The van der Waals surface area contributed by atoms with Crippen LogP contribution in [-0.4, -0.2) is 23.0 Å². The lowest BCUT2D eigenvalue weighted by molar-refractivity contribution is 0.253. The van der Waals surface area contributed by atoms with Crippen LogP contribution in [-0.2, 0) is 13.1 Å². The van der Waals surface area contributed by atoms with Crippen LogP contribution in [0.4, 0.5) is 5.69 Å². The first-order valence-corrected chi connectivity index (χ1v) is 13.0. The van der Waals surface area contributed by atoms with Crippen molar-refractivity contribution in [2.75, 3.05) is 18.4 Å². The molecule has 3 nitrogen and oxygen atoms in total. The molecule has 0 aliphatic carbocycles. The summed E-state index contributed by atoms with van der Waals surface area (Å²) in [6.07, 6.45) is 4.08. The van der Waals surface area contributed by atoms with Crippen molar-refractivity contribution in [3.8, 4) is 0 Å². The first kappa shape index (κ1) is 22.9. The minimum absolute atomic E-state index is 0.717. The molecule has 0 spiro atoms. The van der Waals surface area contributed by atoms with Crippen molar-refractivity contribution in [2.24, 2.45) is 0 Å². The van der Waals surface area contributed by atoms with Crippen LogP contribution in [0, 0.1) is 0 Å². The van der Waals surface area contributed by atoms with Gasteiger partial charge in [-0.25, -0.2) is 0 Å². The molecule has 0 saturated heterocycles. The van der Waals surface area contributed by atoms with Gasteiger partial charge in [-0.1, -0.05) is 60.1 Å². The zero-order chi connectivity index (χ0) is 23.2. The number of hydrogen-bond donors (Lipinski definition) is 1. The molecular weight excluding hydrogens is 458 g/mol. The first-order valence-electron chi connectivity index (χ1n) is 11.8. The van der Waals surface area contributed by atoms with Gasteiger partial charge in [0.25, 0.3) is 0 Å². The van der Waals surface area contributed by atoms with E-state index in [1.165, 1.54) is 21.2 Å². The molecule has 2 heterocycles. The van der Waals surface area contributed by atoms with Crippen molar-refractivity contribution in [3.05, 3.63) is 107 Å². The van der Waals surface area contributed by atoms with Gasteiger partial charge in [-0.2, -0.15) is 0 Å². The Bertz CT molecular complexity index is 1370. The molecule has 2 aromatic heterocycles. The van der Waals surface area contributed by atoms with Gasteiger partial charge in [-0.15, -0.1) is 11.3 Å². The van der Waals surface area contributed by atoms with Crippen LogP contribution in [0.25, 0.3) is 21.0 Å². The smallest absolute Gasteiger partial charge is 0.0737 e. The summed E-state index contributed by atoms with van der Waals surface area (Å²) in [7, 11) is 0. The summed E-state index contributed by atoms with van der Waals surface area (Å²) in [6, 6.07) is 27.4. The van der Waals surface area contributed by atoms with E-state index in [0.717, 1.165) is 55.6 Å². The Hall–Kier alpha value is -2.92. The maximum absolute atomic E-state index is 6.12. The highest BCUT2D eigenvalue weighted by atomic mass is 35.5. The maximum Gasteiger partial charge on any atom is 0.0737 e. The van der Waals surface area contributed by atoms with E-state index in [4.69, 9.17) is 11.6 Å². The average molecular weight is 486 g/mol. The zero-order valence-corrected chi connectivity index (χ0v) is 20.7. The van der Waals surface area contributed by atoms with E-state index in [1.807, 2.05) is 41.8 Å². The third-order valence-corrected chi connectivity index (χ3v) is 7.37. The number of rotatable bonds is 10. The van der Waals surface area contributed by atoms with Gasteiger partial charge in [0.15, 0.2) is 0 Å². The number of thiophene rings is 1. The first-order chi connectivity index (χ1) is 16.8. The molecular formula is C29H28ClN3S. The molecule has 0 aliphatic heterocycles. The third-order valence-electron chi connectivity index (χ3n) is 6.13. The second-order valence-corrected chi connectivity index (χ2v) is 9.95. The number of pyridine rings is 1. The Labute approximate surface area is 210 Å². The van der Waals surface area contributed by atoms with Crippen molar-refractivity contribution >= 4 is 49.6 Å². The second kappa shape index (κ2) is 11.0. The molecule has 5 heteroatoms. The number of fused-ring (bicyclic) bond motifs is 2. The molecule has 34 heavy (non-hydrogen) atoms. The Morgan fingerprint density at radius 2 is 1.71 bits per heavy atom. The summed E-state index contributed by atoms with van der Waals surface area (Å²) in [5.74, 6) is 0. The molecule has 0 saturated carbocycles. The second-order valence-electron chi connectivity index (χ2n) is 8.61. The van der Waals surface area contributed by atoms with Crippen LogP contribution in [0.1, 0.15) is 24.0 Å². The van der Waals surface area contributed by atoms with E-state index in [0.29, 0.717) is 5.02 Å². The number of unbranched alkanes of at least 4 members (excludes halogenated alkanes) is 1. The number of halogens is 1. The molecule has 0 unspecified atom stereocenters. The number of hydrogen-bond acceptors (Lipinski definition) is 4. The van der Waals surface area contributed by atoms with Crippen molar-refractivity contribution < 1.29 is 0 Å². The summed E-state index contributed by atoms with van der Waals surface area (Å²) >= 11 is 7.97. The molecule has 0 amide bonds. The monoisotopic (exact) mass is 485 g/mol. The van der Waals surface area contributed by atoms with Gasteiger partial charge >= 0.3 is 0 Å². The molecule has 0 atom stereocenters.